The van der Waals surface area contributed by atoms with Crippen molar-refractivity contribution in [3.63, 3.8) is 0 Å². The maximum Gasteiger partial charge on any atom is 0.196 e. The van der Waals surface area contributed by atoms with Crippen LogP contribution in [0.3, 0.4) is 0 Å². The minimum absolute atomic E-state index is 0. The molecule has 0 spiro atoms. The standard InChI is InChI=1S/C39H63NO2.HI/c1-4-5-6-19-26-35(27-20-16-14-12-10-8-7-9-11-13-15-17-25-33-40(2)3)32-34-42-38-31-24-23-30-37(38)39(41)36-28-21-18-22-29-36;/h18,21-24,28-31,35H,4-17,19-20,25-27,32-34H2,1-3H3;1H. The zero-order chi connectivity index (χ0) is 30.1. The molecule has 4 heteroatoms. The van der Waals surface area contributed by atoms with E-state index in [1.165, 1.54) is 129 Å². The summed E-state index contributed by atoms with van der Waals surface area (Å²) >= 11 is 0. The molecule has 3 nitrogen and oxygen atoms in total. The lowest BCUT2D eigenvalue weighted by molar-refractivity contribution is -0.858. The third-order valence-electron chi connectivity index (χ3n) is 8.71. The highest BCUT2D eigenvalue weighted by Crippen LogP contribution is 2.25. The van der Waals surface area contributed by atoms with Crippen molar-refractivity contribution < 1.29 is 38.4 Å². The van der Waals surface area contributed by atoms with Gasteiger partial charge in [-0.15, -0.1) is 0 Å². The molecule has 0 radical (unpaired) electrons. The molecule has 0 aliphatic carbocycles. The van der Waals surface area contributed by atoms with Crippen molar-refractivity contribution in [3.8, 4) is 5.75 Å². The summed E-state index contributed by atoms with van der Waals surface area (Å²) in [6.07, 6.45) is 27.4. The first-order chi connectivity index (χ1) is 20.6. The van der Waals surface area contributed by atoms with Crippen LogP contribution in [0.1, 0.15) is 151 Å². The first kappa shape index (κ1) is 39.6. The van der Waals surface area contributed by atoms with Crippen molar-refractivity contribution in [1.29, 1.82) is 0 Å². The second kappa shape index (κ2) is 27.0. The lowest BCUT2D eigenvalue weighted by Crippen LogP contribution is -3.05. The van der Waals surface area contributed by atoms with Gasteiger partial charge in [0.2, 0.25) is 0 Å². The third-order valence-corrected chi connectivity index (χ3v) is 8.71. The van der Waals surface area contributed by atoms with Crippen LogP contribution in [0.2, 0.25) is 0 Å². The molecule has 244 valence electrons. The Morgan fingerprint density at radius 3 is 1.67 bits per heavy atom. The molecular formula is C39H64INO2. The van der Waals surface area contributed by atoms with E-state index in [0.29, 0.717) is 17.7 Å². The van der Waals surface area contributed by atoms with Gasteiger partial charge >= 0.3 is 0 Å². The summed E-state index contributed by atoms with van der Waals surface area (Å²) < 4.78 is 6.25. The Balaban J connectivity index is 0.00000924. The number of carbonyl (C=O) groups excluding carboxylic acids is 1. The van der Waals surface area contributed by atoms with Crippen molar-refractivity contribution in [2.75, 3.05) is 27.2 Å². The molecule has 1 atom stereocenters. The molecule has 0 fully saturated rings. The molecule has 0 saturated heterocycles. The molecule has 0 bridgehead atoms. The second-order valence-electron chi connectivity index (χ2n) is 12.9. The third kappa shape index (κ3) is 19.6. The van der Waals surface area contributed by atoms with Crippen molar-refractivity contribution in [2.24, 2.45) is 5.92 Å². The Bertz CT molecular complexity index is 916. The molecular weight excluding hydrogens is 641 g/mol. The number of unbranched alkanes of at least 4 members (excludes halogenated alkanes) is 15. The van der Waals surface area contributed by atoms with Gasteiger partial charge in [0.05, 0.1) is 32.8 Å². The van der Waals surface area contributed by atoms with E-state index in [1.54, 1.807) is 4.90 Å². The lowest BCUT2D eigenvalue weighted by atomic mass is 9.92. The molecule has 0 aliphatic rings. The zero-order valence-corrected chi connectivity index (χ0v) is 30.2. The topological polar surface area (TPSA) is 30.7 Å². The van der Waals surface area contributed by atoms with Crippen molar-refractivity contribution in [3.05, 3.63) is 65.7 Å². The maximum atomic E-state index is 13.1. The van der Waals surface area contributed by atoms with Crippen LogP contribution in [0.25, 0.3) is 0 Å². The molecule has 1 N–H and O–H groups in total. The van der Waals surface area contributed by atoms with Crippen molar-refractivity contribution >= 4 is 5.78 Å². The number of para-hydroxylation sites is 1. The smallest absolute Gasteiger partial charge is 0.196 e. The van der Waals surface area contributed by atoms with Gasteiger partial charge in [-0.1, -0.05) is 159 Å². The molecule has 0 aromatic heterocycles. The average Bonchev–Trinajstić information content (AvgIpc) is 3.01. The molecule has 0 aliphatic heterocycles. The van der Waals surface area contributed by atoms with E-state index in [1.807, 2.05) is 54.6 Å². The van der Waals surface area contributed by atoms with Gasteiger partial charge in [-0.2, -0.15) is 0 Å². The van der Waals surface area contributed by atoms with Crippen molar-refractivity contribution in [1.82, 2.24) is 0 Å². The van der Waals surface area contributed by atoms with E-state index in [9.17, 15) is 4.79 Å². The number of halogens is 1. The highest BCUT2D eigenvalue weighted by molar-refractivity contribution is 6.10. The summed E-state index contributed by atoms with van der Waals surface area (Å²) in [6, 6.07) is 17.3. The van der Waals surface area contributed by atoms with Crippen LogP contribution in [0.5, 0.6) is 5.75 Å². The van der Waals surface area contributed by atoms with E-state index in [0.717, 1.165) is 18.1 Å². The average molecular weight is 706 g/mol. The van der Waals surface area contributed by atoms with Gasteiger partial charge in [0.15, 0.2) is 5.78 Å². The minimum atomic E-state index is 0. The maximum absolute atomic E-state index is 13.1. The molecule has 2 aromatic carbocycles. The highest BCUT2D eigenvalue weighted by Gasteiger charge is 2.15. The van der Waals surface area contributed by atoms with Crippen LogP contribution in [-0.2, 0) is 0 Å². The van der Waals surface area contributed by atoms with Crippen LogP contribution >= 0.6 is 0 Å². The Morgan fingerprint density at radius 1 is 0.628 bits per heavy atom. The number of hydrogen-bond acceptors (Lipinski definition) is 2. The molecule has 0 amide bonds. The van der Waals surface area contributed by atoms with Crippen LogP contribution in [0, 0.1) is 5.92 Å². The summed E-state index contributed by atoms with van der Waals surface area (Å²) in [6.45, 7) is 4.30. The summed E-state index contributed by atoms with van der Waals surface area (Å²) in [5.41, 5.74) is 1.38. The SMILES string of the molecule is CCCCCCC(CCCCCCCCCCCCCCC[NH+](C)C)CCOc1ccccc1C(=O)c1ccccc1.[I-]. The van der Waals surface area contributed by atoms with Gasteiger partial charge in [-0.25, -0.2) is 0 Å². The number of hydrogen-bond donors (Lipinski definition) is 1. The second-order valence-corrected chi connectivity index (χ2v) is 12.9. The van der Waals surface area contributed by atoms with E-state index < -0.39 is 0 Å². The fourth-order valence-electron chi connectivity index (χ4n) is 6.01. The fraction of sp³-hybridized carbons (Fsp3) is 0.667. The van der Waals surface area contributed by atoms with Gasteiger partial charge in [0, 0.05) is 5.56 Å². The van der Waals surface area contributed by atoms with E-state index in [4.69, 9.17) is 4.74 Å². The quantitative estimate of drug-likeness (QED) is 0.0625. The predicted octanol–water partition coefficient (Wildman–Crippen LogP) is 6.88. The summed E-state index contributed by atoms with van der Waals surface area (Å²) in [5, 5.41) is 0. The molecule has 1 unspecified atom stereocenters. The Hall–Kier alpha value is -1.40. The highest BCUT2D eigenvalue weighted by atomic mass is 127. The lowest BCUT2D eigenvalue weighted by Gasteiger charge is -2.18. The molecule has 2 rings (SSSR count). The van der Waals surface area contributed by atoms with Gasteiger partial charge < -0.3 is 33.6 Å². The van der Waals surface area contributed by atoms with Gasteiger partial charge in [0.25, 0.3) is 0 Å². The fourth-order valence-corrected chi connectivity index (χ4v) is 6.01. The zero-order valence-electron chi connectivity index (χ0n) is 28.0. The Labute approximate surface area is 283 Å². The van der Waals surface area contributed by atoms with Crippen molar-refractivity contribution in [2.45, 2.75) is 135 Å². The molecule has 0 heterocycles. The molecule has 0 saturated carbocycles. The van der Waals surface area contributed by atoms with Gasteiger partial charge in [0.1, 0.15) is 5.75 Å². The largest absolute Gasteiger partial charge is 1.00 e. The number of carbonyl (C=O) groups is 1. The summed E-state index contributed by atoms with van der Waals surface area (Å²) in [4.78, 5) is 14.6. The predicted molar refractivity (Wildman–Crippen MR) is 181 cm³/mol. The number of ketones is 1. The normalized spacial score (nSPS) is 11.8. The Morgan fingerprint density at radius 2 is 1.12 bits per heavy atom. The van der Waals surface area contributed by atoms with Crippen LogP contribution < -0.4 is 33.6 Å². The molecule has 2 aromatic rings. The van der Waals surface area contributed by atoms with E-state index in [-0.39, 0.29) is 29.8 Å². The Kier molecular flexibility index (Phi) is 24.8. The monoisotopic (exact) mass is 705 g/mol. The minimum Gasteiger partial charge on any atom is -1.00 e. The van der Waals surface area contributed by atoms with E-state index in [2.05, 4.69) is 21.0 Å². The summed E-state index contributed by atoms with van der Waals surface area (Å²) in [7, 11) is 4.51. The summed E-state index contributed by atoms with van der Waals surface area (Å²) in [5.74, 6) is 1.48. The number of ether oxygens (including phenoxy) is 1. The van der Waals surface area contributed by atoms with Gasteiger partial charge in [-0.05, 0) is 37.3 Å². The van der Waals surface area contributed by atoms with E-state index >= 15 is 0 Å². The number of benzene rings is 2. The van der Waals surface area contributed by atoms with Crippen LogP contribution in [-0.4, -0.2) is 33.0 Å². The first-order valence-corrected chi connectivity index (χ1v) is 17.7. The van der Waals surface area contributed by atoms with Crippen LogP contribution in [0.4, 0.5) is 0 Å². The number of nitrogens with one attached hydrogen (secondary N) is 1. The van der Waals surface area contributed by atoms with Gasteiger partial charge in [-0.3, -0.25) is 4.79 Å². The first-order valence-electron chi connectivity index (χ1n) is 17.7. The number of rotatable bonds is 27. The number of quaternary nitrogens is 1. The molecule has 43 heavy (non-hydrogen) atoms. The van der Waals surface area contributed by atoms with Crippen LogP contribution in [0.15, 0.2) is 54.6 Å².